The van der Waals surface area contributed by atoms with Crippen LogP contribution in [-0.2, 0) is 9.47 Å². The van der Waals surface area contributed by atoms with Crippen LogP contribution in [0.5, 0.6) is 0 Å². The van der Waals surface area contributed by atoms with Crippen molar-refractivity contribution in [1.82, 2.24) is 39.8 Å². The van der Waals surface area contributed by atoms with E-state index in [1.54, 1.807) is 7.05 Å². The molecular formula is C51H60N15O3+. The minimum absolute atomic E-state index is 0.169. The monoisotopic (exact) mass is 930 g/mol. The number of benzene rings is 2. The third kappa shape index (κ3) is 7.85. The number of hydrogen-bond acceptors (Lipinski definition) is 16. The first-order valence-corrected chi connectivity index (χ1v) is 24.6. The maximum Gasteiger partial charge on any atom is 0.228 e. The van der Waals surface area contributed by atoms with Gasteiger partial charge in [0.2, 0.25) is 18.9 Å². The van der Waals surface area contributed by atoms with Gasteiger partial charge >= 0.3 is 0 Å². The number of likely N-dealkylation sites (tertiary alicyclic amines) is 1. The van der Waals surface area contributed by atoms with Crippen LogP contribution in [0, 0.1) is 26.6 Å². The summed E-state index contributed by atoms with van der Waals surface area (Å²) < 4.78 is 10.7. The van der Waals surface area contributed by atoms with Gasteiger partial charge in [0.05, 0.1) is 101 Å². The number of hydrogen-bond donors (Lipinski definition) is 2. The Labute approximate surface area is 401 Å². The highest BCUT2D eigenvalue weighted by atomic mass is 16.5. The van der Waals surface area contributed by atoms with Crippen molar-refractivity contribution in [3.63, 3.8) is 0 Å². The number of aromatic nitrogens is 6. The molecule has 0 amide bonds. The number of ether oxygens (including phenoxy) is 2. The number of nitroso groups, excluding NO2 is 1. The number of nitrogens with zero attached hydrogens (tertiary/aromatic N) is 13. The summed E-state index contributed by atoms with van der Waals surface area (Å²) in [7, 11) is 3.80. The summed E-state index contributed by atoms with van der Waals surface area (Å²) in [5.41, 5.74) is 7.97. The molecule has 8 aliphatic rings. The van der Waals surface area contributed by atoms with Gasteiger partial charge in [-0.1, -0.05) is 24.3 Å². The van der Waals surface area contributed by atoms with Crippen molar-refractivity contribution in [1.29, 1.82) is 0 Å². The molecule has 0 bridgehead atoms. The number of fused-ring (bicyclic) bond motifs is 2. The number of rotatable bonds is 9. The molecule has 6 aromatic rings. The Morgan fingerprint density at radius 3 is 1.43 bits per heavy atom. The van der Waals surface area contributed by atoms with Crippen molar-refractivity contribution >= 4 is 68.1 Å². The Morgan fingerprint density at radius 1 is 0.522 bits per heavy atom. The van der Waals surface area contributed by atoms with Gasteiger partial charge in [0.1, 0.15) is 16.5 Å². The molecule has 8 saturated heterocycles. The van der Waals surface area contributed by atoms with E-state index in [4.69, 9.17) is 19.4 Å². The molecule has 4 spiro atoms. The molecule has 18 heteroatoms. The lowest BCUT2D eigenvalue weighted by atomic mass is 9.78. The van der Waals surface area contributed by atoms with Gasteiger partial charge in [0.25, 0.3) is 0 Å². The van der Waals surface area contributed by atoms with Gasteiger partial charge in [0, 0.05) is 99.4 Å². The van der Waals surface area contributed by atoms with Crippen LogP contribution in [0.1, 0.15) is 19.3 Å². The van der Waals surface area contributed by atoms with Crippen molar-refractivity contribution < 1.29 is 14.3 Å². The van der Waals surface area contributed by atoms with Gasteiger partial charge in [-0.2, -0.15) is 0 Å². The highest BCUT2D eigenvalue weighted by molar-refractivity contribution is 5.92. The minimum atomic E-state index is 0.169. The Morgan fingerprint density at radius 2 is 1.00 bits per heavy atom. The van der Waals surface area contributed by atoms with Gasteiger partial charge in [-0.3, -0.25) is 0 Å². The van der Waals surface area contributed by atoms with Crippen molar-refractivity contribution in [3.05, 3.63) is 90.4 Å². The van der Waals surface area contributed by atoms with E-state index in [0.717, 1.165) is 160 Å². The smallest absolute Gasteiger partial charge is 0.228 e. The number of pyridine rings is 2. The number of anilines is 8. The molecule has 356 valence electrons. The molecule has 0 aliphatic carbocycles. The molecule has 2 aromatic carbocycles. The predicted molar refractivity (Wildman–Crippen MR) is 267 cm³/mol. The summed E-state index contributed by atoms with van der Waals surface area (Å²) in [5, 5.41) is 10.6. The molecule has 0 radical (unpaired) electrons. The van der Waals surface area contributed by atoms with Crippen molar-refractivity contribution in [2.24, 2.45) is 21.7 Å². The summed E-state index contributed by atoms with van der Waals surface area (Å²) in [6.07, 6.45) is 11.0. The summed E-state index contributed by atoms with van der Waals surface area (Å²) >= 11 is 0. The van der Waals surface area contributed by atoms with Gasteiger partial charge < -0.3 is 44.6 Å². The van der Waals surface area contributed by atoms with E-state index in [0.29, 0.717) is 28.1 Å². The molecule has 18 nitrogen and oxygen atoms in total. The average Bonchev–Trinajstić information content (AvgIpc) is 4.05. The second-order valence-corrected chi connectivity index (χ2v) is 21.7. The van der Waals surface area contributed by atoms with Crippen molar-refractivity contribution in [2.75, 3.05) is 149 Å². The zero-order chi connectivity index (χ0) is 46.4. The van der Waals surface area contributed by atoms with E-state index >= 15 is 0 Å². The molecule has 8 aliphatic heterocycles. The fourth-order valence-electron chi connectivity index (χ4n) is 12.4. The third-order valence-electron chi connectivity index (χ3n) is 16.2. The summed E-state index contributed by atoms with van der Waals surface area (Å²) in [6, 6.07) is 20.9. The summed E-state index contributed by atoms with van der Waals surface area (Å²) in [4.78, 5) is 53.0. The van der Waals surface area contributed by atoms with Crippen LogP contribution < -0.4 is 30.2 Å². The number of hydrazine groups is 1. The van der Waals surface area contributed by atoms with Crippen LogP contribution in [0.4, 0.5) is 46.3 Å². The molecule has 14 rings (SSSR count). The minimum Gasteiger partial charge on any atom is -0.380 e. The van der Waals surface area contributed by atoms with Gasteiger partial charge in [-0.15, -0.1) is 5.01 Å². The van der Waals surface area contributed by atoms with Crippen LogP contribution in [0.25, 0.3) is 21.8 Å². The predicted octanol–water partition coefficient (Wildman–Crippen LogP) is 5.58. The van der Waals surface area contributed by atoms with Gasteiger partial charge in [-0.05, 0) is 62.7 Å². The highest BCUT2D eigenvalue weighted by Crippen LogP contribution is 2.45. The van der Waals surface area contributed by atoms with Gasteiger partial charge in [0.15, 0.2) is 0 Å². The maximum atomic E-state index is 11.8. The molecule has 2 N–H and O–H groups in total. The molecule has 0 saturated carbocycles. The Balaban J connectivity index is 0.000000136. The molecule has 12 heterocycles. The van der Waals surface area contributed by atoms with E-state index in [9.17, 15) is 4.91 Å². The fraction of sp³-hybridized carbons (Fsp3) is 0.490. The highest BCUT2D eigenvalue weighted by Gasteiger charge is 2.51. The zero-order valence-corrected chi connectivity index (χ0v) is 39.6. The summed E-state index contributed by atoms with van der Waals surface area (Å²) in [5.74, 6) is 2.61. The Kier molecular flexibility index (Phi) is 10.1. The quantitative estimate of drug-likeness (QED) is 0.173. The topological polar surface area (TPSA) is 159 Å². The maximum absolute atomic E-state index is 11.8. The van der Waals surface area contributed by atoms with E-state index in [1.807, 2.05) is 41.9 Å². The lowest BCUT2D eigenvalue weighted by Crippen LogP contribution is -2.66. The molecule has 1 unspecified atom stereocenters. The first-order valence-electron chi connectivity index (χ1n) is 24.6. The van der Waals surface area contributed by atoms with E-state index in [-0.39, 0.29) is 5.41 Å². The van der Waals surface area contributed by atoms with E-state index in [1.165, 1.54) is 25.2 Å². The standard InChI is InChI=1S/C26H31N8O2.C25H29N7O/c1-31(35)34-10-8-25(16-34)7-9-32(13-25)21-4-2-3-19-11-28-24(30-23(19)21)29-22-6-5-20(12-27-22)33-14-26(15-33)17-36-18-26;1-30-11-24(12-30)7-8-31(13-24)20-4-2-3-18-9-27-23(29-22(18)20)28-21-6-5-19(10-26-21)32-14-25(15-32)16-33-17-25/h2-6,11-12H,7-10,13-18H2,1H3,(H,27,28,29,30);2-6,9-10H,7-8,11-17H2,1H3,(H,26,27,28,29)/q+1;. The van der Waals surface area contributed by atoms with Crippen LogP contribution in [0.15, 0.2) is 85.5 Å². The first-order chi connectivity index (χ1) is 33.6. The Hall–Kier alpha value is -6.50. The lowest BCUT2D eigenvalue weighted by molar-refractivity contribution is -0.682. The van der Waals surface area contributed by atoms with Crippen LogP contribution in [0.3, 0.4) is 0 Å². The second-order valence-electron chi connectivity index (χ2n) is 21.7. The van der Waals surface area contributed by atoms with Crippen molar-refractivity contribution in [2.45, 2.75) is 19.3 Å². The number of nitrogens with one attached hydrogen (secondary N) is 2. The molecule has 4 aromatic heterocycles. The zero-order valence-electron chi connectivity index (χ0n) is 39.6. The molecule has 8 fully saturated rings. The molecule has 1 atom stereocenters. The number of para-hydroxylation sites is 2. The normalized spacial score (nSPS) is 23.7. The van der Waals surface area contributed by atoms with E-state index < -0.39 is 0 Å². The SMILES string of the molecule is CN1CC2(CCN(c3cccc4cnc(Nc5ccc(N6CC7(COC7)C6)cn5)nc34)C2)C1.C[N+](=O)N1CCC2(CCN(c3cccc4cnc(Nc5ccc(N6CC7(COC7)C6)cn5)nc34)C2)C1. The fourth-order valence-corrected chi connectivity index (χ4v) is 12.4. The third-order valence-corrected chi connectivity index (χ3v) is 16.2. The molecule has 69 heavy (non-hydrogen) atoms. The van der Waals surface area contributed by atoms with Crippen LogP contribution >= 0.6 is 0 Å². The van der Waals surface area contributed by atoms with E-state index in [2.05, 4.69) is 111 Å². The summed E-state index contributed by atoms with van der Waals surface area (Å²) in [6.45, 7) is 15.9. The first kappa shape index (κ1) is 42.6. The second kappa shape index (κ2) is 16.3. The average molecular weight is 931 g/mol. The lowest BCUT2D eigenvalue weighted by Gasteiger charge is -2.55. The van der Waals surface area contributed by atoms with Crippen LogP contribution in [0.2, 0.25) is 0 Å². The molecular weight excluding hydrogens is 871 g/mol. The van der Waals surface area contributed by atoms with Gasteiger partial charge in [-0.25, -0.2) is 29.9 Å². The van der Waals surface area contributed by atoms with Crippen molar-refractivity contribution in [3.8, 4) is 0 Å². The van der Waals surface area contributed by atoms with Crippen LogP contribution in [-0.4, -0.2) is 164 Å². The Bertz CT molecular complexity index is 2910. The largest absolute Gasteiger partial charge is 0.380 e.